The zero-order valence-corrected chi connectivity index (χ0v) is 12.1. The second kappa shape index (κ2) is 5.97. The maximum absolute atomic E-state index is 4.15. The van der Waals surface area contributed by atoms with Gasteiger partial charge >= 0.3 is 0 Å². The van der Waals surface area contributed by atoms with E-state index in [4.69, 9.17) is 0 Å². The molecule has 1 aromatic carbocycles. The first-order chi connectivity index (χ1) is 9.08. The Kier molecular flexibility index (Phi) is 4.32. The highest BCUT2D eigenvalue weighted by molar-refractivity contribution is 5.90. The van der Waals surface area contributed by atoms with Crippen LogP contribution in [0.4, 0.5) is 5.69 Å². The van der Waals surface area contributed by atoms with Gasteiger partial charge in [0, 0.05) is 18.0 Å². The molecular formula is C15H22N4. The first kappa shape index (κ1) is 13.7. The van der Waals surface area contributed by atoms with Gasteiger partial charge in [0.05, 0.1) is 17.4 Å². The predicted octanol–water partition coefficient (Wildman–Crippen LogP) is 2.63. The van der Waals surface area contributed by atoms with Gasteiger partial charge in [-0.2, -0.15) is 10.2 Å². The Labute approximate surface area is 114 Å². The van der Waals surface area contributed by atoms with Crippen LogP contribution in [0.2, 0.25) is 0 Å². The van der Waals surface area contributed by atoms with Gasteiger partial charge in [0.15, 0.2) is 0 Å². The van der Waals surface area contributed by atoms with Crippen LogP contribution >= 0.6 is 0 Å². The lowest BCUT2D eigenvalue weighted by Crippen LogP contribution is -2.36. The Bertz CT molecular complexity index is 531. The van der Waals surface area contributed by atoms with E-state index in [-0.39, 0.29) is 0 Å². The Morgan fingerprint density at radius 1 is 1.21 bits per heavy atom. The van der Waals surface area contributed by atoms with E-state index in [0.717, 1.165) is 23.1 Å². The number of anilines is 1. The summed E-state index contributed by atoms with van der Waals surface area (Å²) < 4.78 is 0. The first-order valence-corrected chi connectivity index (χ1v) is 6.69. The molecular weight excluding hydrogens is 236 g/mol. The molecule has 4 nitrogen and oxygen atoms in total. The van der Waals surface area contributed by atoms with E-state index in [1.807, 2.05) is 24.4 Å². The molecule has 0 aliphatic carbocycles. The summed E-state index contributed by atoms with van der Waals surface area (Å²) in [6.45, 7) is 5.46. The summed E-state index contributed by atoms with van der Waals surface area (Å²) in [5.41, 5.74) is 1.99. The summed E-state index contributed by atoms with van der Waals surface area (Å²) in [5.74, 6) is 0.550. The normalized spacial score (nSPS) is 13.2. The van der Waals surface area contributed by atoms with Crippen LogP contribution in [0.15, 0.2) is 30.5 Å². The first-order valence-electron chi connectivity index (χ1n) is 6.69. The number of likely N-dealkylation sites (N-methyl/N-ethyl adjacent to an activating group) is 1. The lowest BCUT2D eigenvalue weighted by Gasteiger charge is -2.26. The lowest BCUT2D eigenvalue weighted by molar-refractivity contribution is 0.344. The van der Waals surface area contributed by atoms with Crippen LogP contribution < -0.4 is 5.32 Å². The fourth-order valence-corrected chi connectivity index (χ4v) is 2.14. The van der Waals surface area contributed by atoms with Crippen molar-refractivity contribution >= 4 is 16.6 Å². The molecule has 1 aromatic heterocycles. The third-order valence-corrected chi connectivity index (χ3v) is 3.25. The van der Waals surface area contributed by atoms with E-state index in [2.05, 4.69) is 54.4 Å². The van der Waals surface area contributed by atoms with E-state index in [1.165, 1.54) is 0 Å². The SMILES string of the molecule is CC(C)C(CN(C)C)Nc1cnnc2ccccc12. The molecule has 2 aromatic rings. The zero-order chi connectivity index (χ0) is 13.8. The van der Waals surface area contributed by atoms with Crippen LogP contribution in [-0.4, -0.2) is 41.8 Å². The van der Waals surface area contributed by atoms with Crippen LogP contribution in [0.3, 0.4) is 0 Å². The molecule has 2 rings (SSSR count). The number of nitrogens with one attached hydrogen (secondary N) is 1. The number of hydrogen-bond acceptors (Lipinski definition) is 4. The molecule has 0 saturated heterocycles. The van der Waals surface area contributed by atoms with Crippen LogP contribution in [0, 0.1) is 5.92 Å². The second-order valence-electron chi connectivity index (χ2n) is 5.53. The van der Waals surface area contributed by atoms with Gasteiger partial charge in [-0.15, -0.1) is 0 Å². The quantitative estimate of drug-likeness (QED) is 0.895. The van der Waals surface area contributed by atoms with Crippen molar-refractivity contribution in [3.63, 3.8) is 0 Å². The minimum absolute atomic E-state index is 0.391. The molecule has 102 valence electrons. The summed E-state index contributed by atoms with van der Waals surface area (Å²) in [4.78, 5) is 2.20. The molecule has 0 spiro atoms. The minimum Gasteiger partial charge on any atom is -0.379 e. The highest BCUT2D eigenvalue weighted by Crippen LogP contribution is 2.22. The van der Waals surface area contributed by atoms with Crippen LogP contribution in [0.5, 0.6) is 0 Å². The van der Waals surface area contributed by atoms with Crippen molar-refractivity contribution in [2.75, 3.05) is 26.0 Å². The summed E-state index contributed by atoms with van der Waals surface area (Å²) >= 11 is 0. The highest BCUT2D eigenvalue weighted by atomic mass is 15.1. The fourth-order valence-electron chi connectivity index (χ4n) is 2.14. The molecule has 0 amide bonds. The molecule has 1 unspecified atom stereocenters. The van der Waals surface area contributed by atoms with Gasteiger partial charge in [0.25, 0.3) is 0 Å². The Morgan fingerprint density at radius 2 is 1.95 bits per heavy atom. The van der Waals surface area contributed by atoms with Crippen molar-refractivity contribution in [2.24, 2.45) is 5.92 Å². The highest BCUT2D eigenvalue weighted by Gasteiger charge is 2.15. The summed E-state index contributed by atoms with van der Waals surface area (Å²) in [6, 6.07) is 8.48. The zero-order valence-electron chi connectivity index (χ0n) is 12.1. The van der Waals surface area contributed by atoms with Gasteiger partial charge in [-0.1, -0.05) is 32.0 Å². The van der Waals surface area contributed by atoms with E-state index in [1.54, 1.807) is 0 Å². The standard InChI is InChI=1S/C15H22N4/c1-11(2)15(10-19(3)4)17-14-9-16-18-13-8-6-5-7-12(13)14/h5-9,11,15H,10H2,1-4H3,(H,17,18). The van der Waals surface area contributed by atoms with Crippen LogP contribution in [-0.2, 0) is 0 Å². The Morgan fingerprint density at radius 3 is 2.63 bits per heavy atom. The number of fused-ring (bicyclic) bond motifs is 1. The molecule has 0 aliphatic heterocycles. The number of aromatic nitrogens is 2. The van der Waals surface area contributed by atoms with Gasteiger partial charge in [-0.3, -0.25) is 0 Å². The number of rotatable bonds is 5. The Balaban J connectivity index is 2.28. The average molecular weight is 258 g/mol. The second-order valence-corrected chi connectivity index (χ2v) is 5.53. The van der Waals surface area contributed by atoms with Crippen LogP contribution in [0.25, 0.3) is 10.9 Å². The Hall–Kier alpha value is -1.68. The van der Waals surface area contributed by atoms with Gasteiger partial charge in [-0.25, -0.2) is 0 Å². The number of nitrogens with zero attached hydrogens (tertiary/aromatic N) is 3. The maximum atomic E-state index is 4.15. The molecule has 0 bridgehead atoms. The minimum atomic E-state index is 0.391. The topological polar surface area (TPSA) is 41.0 Å². The summed E-state index contributed by atoms with van der Waals surface area (Å²) in [5, 5.41) is 13.0. The lowest BCUT2D eigenvalue weighted by atomic mass is 10.0. The van der Waals surface area contributed by atoms with E-state index in [9.17, 15) is 0 Å². The summed E-state index contributed by atoms with van der Waals surface area (Å²) in [6.07, 6.45) is 1.81. The number of hydrogen-bond donors (Lipinski definition) is 1. The van der Waals surface area contributed by atoms with E-state index >= 15 is 0 Å². The van der Waals surface area contributed by atoms with Crippen molar-refractivity contribution in [2.45, 2.75) is 19.9 Å². The summed E-state index contributed by atoms with van der Waals surface area (Å²) in [7, 11) is 4.19. The third-order valence-electron chi connectivity index (χ3n) is 3.25. The molecule has 0 saturated carbocycles. The molecule has 4 heteroatoms. The molecule has 19 heavy (non-hydrogen) atoms. The van der Waals surface area contributed by atoms with Crippen molar-refractivity contribution < 1.29 is 0 Å². The average Bonchev–Trinajstić information content (AvgIpc) is 2.37. The van der Waals surface area contributed by atoms with Crippen molar-refractivity contribution in [1.29, 1.82) is 0 Å². The third kappa shape index (κ3) is 3.41. The molecule has 1 N–H and O–H groups in total. The van der Waals surface area contributed by atoms with Crippen molar-refractivity contribution in [3.05, 3.63) is 30.5 Å². The molecule has 1 heterocycles. The van der Waals surface area contributed by atoms with Crippen molar-refractivity contribution in [1.82, 2.24) is 15.1 Å². The van der Waals surface area contributed by atoms with Crippen LogP contribution in [0.1, 0.15) is 13.8 Å². The predicted molar refractivity (Wildman–Crippen MR) is 80.3 cm³/mol. The smallest absolute Gasteiger partial charge is 0.0950 e. The fraction of sp³-hybridized carbons (Fsp3) is 0.467. The maximum Gasteiger partial charge on any atom is 0.0950 e. The monoisotopic (exact) mass is 258 g/mol. The molecule has 0 fully saturated rings. The molecule has 0 aliphatic rings. The van der Waals surface area contributed by atoms with Gasteiger partial charge in [0.1, 0.15) is 0 Å². The number of benzene rings is 1. The largest absolute Gasteiger partial charge is 0.379 e. The van der Waals surface area contributed by atoms with Gasteiger partial charge in [0.2, 0.25) is 0 Å². The van der Waals surface area contributed by atoms with Gasteiger partial charge in [-0.05, 0) is 26.1 Å². The van der Waals surface area contributed by atoms with Gasteiger partial charge < -0.3 is 10.2 Å². The van der Waals surface area contributed by atoms with E-state index in [0.29, 0.717) is 12.0 Å². The van der Waals surface area contributed by atoms with E-state index < -0.39 is 0 Å². The molecule has 0 radical (unpaired) electrons. The molecule has 1 atom stereocenters. The van der Waals surface area contributed by atoms with Crippen molar-refractivity contribution in [3.8, 4) is 0 Å².